The summed E-state index contributed by atoms with van der Waals surface area (Å²) in [5.41, 5.74) is 0.605. The molecule has 0 aliphatic heterocycles. The zero-order valence-corrected chi connectivity index (χ0v) is 13.7. The summed E-state index contributed by atoms with van der Waals surface area (Å²) in [6.45, 7) is 1.71. The predicted octanol–water partition coefficient (Wildman–Crippen LogP) is 3.43. The second-order valence-corrected chi connectivity index (χ2v) is 5.56. The van der Waals surface area contributed by atoms with Crippen LogP contribution in [0.4, 0.5) is 4.39 Å². The largest absolute Gasteiger partial charge is 0.494 e. The molecule has 6 heteroatoms. The van der Waals surface area contributed by atoms with Crippen molar-refractivity contribution in [3.63, 3.8) is 0 Å². The molecule has 0 fully saturated rings. The fourth-order valence-electron chi connectivity index (χ4n) is 2.52. The Balaban J connectivity index is 1.84. The first-order chi connectivity index (χ1) is 12.0. The summed E-state index contributed by atoms with van der Waals surface area (Å²) in [7, 11) is 1.38. The molecule has 3 aromatic rings. The van der Waals surface area contributed by atoms with Gasteiger partial charge >= 0.3 is 0 Å². The number of benzene rings is 2. The summed E-state index contributed by atoms with van der Waals surface area (Å²) in [4.78, 5) is 24.4. The van der Waals surface area contributed by atoms with Crippen molar-refractivity contribution in [2.45, 2.75) is 13.0 Å². The van der Waals surface area contributed by atoms with E-state index in [0.717, 1.165) is 6.07 Å². The van der Waals surface area contributed by atoms with Crippen LogP contribution in [-0.4, -0.2) is 13.0 Å². The Morgan fingerprint density at radius 2 is 1.96 bits per heavy atom. The van der Waals surface area contributed by atoms with E-state index in [2.05, 4.69) is 5.32 Å². The highest BCUT2D eigenvalue weighted by Crippen LogP contribution is 2.22. The normalized spacial score (nSPS) is 12.0. The van der Waals surface area contributed by atoms with Crippen LogP contribution in [0, 0.1) is 5.82 Å². The SMILES string of the molecule is COc1ccc(C(C)NC(=O)c2cc(=O)c3ccccc3o2)cc1F. The van der Waals surface area contributed by atoms with Crippen molar-refractivity contribution in [1.82, 2.24) is 5.32 Å². The van der Waals surface area contributed by atoms with Crippen molar-refractivity contribution in [3.05, 3.63) is 75.9 Å². The Labute approximate surface area is 143 Å². The first-order valence-electron chi connectivity index (χ1n) is 7.67. The highest BCUT2D eigenvalue weighted by molar-refractivity contribution is 5.93. The molecule has 1 aromatic heterocycles. The summed E-state index contributed by atoms with van der Waals surface area (Å²) in [5.74, 6) is -1.03. The molecule has 0 spiro atoms. The maximum atomic E-state index is 13.8. The topological polar surface area (TPSA) is 68.5 Å². The van der Waals surface area contributed by atoms with Crippen LogP contribution in [0.2, 0.25) is 0 Å². The van der Waals surface area contributed by atoms with E-state index in [-0.39, 0.29) is 16.9 Å². The molecule has 1 atom stereocenters. The molecule has 0 bridgehead atoms. The average molecular weight is 341 g/mol. The molecule has 128 valence electrons. The molecule has 2 aromatic carbocycles. The number of fused-ring (bicyclic) bond motifs is 1. The van der Waals surface area contributed by atoms with Gasteiger partial charge in [0.05, 0.1) is 18.5 Å². The van der Waals surface area contributed by atoms with E-state index in [9.17, 15) is 14.0 Å². The third-order valence-corrected chi connectivity index (χ3v) is 3.88. The zero-order chi connectivity index (χ0) is 18.0. The number of carbonyl (C=O) groups is 1. The highest BCUT2D eigenvalue weighted by atomic mass is 19.1. The molecule has 0 saturated heterocycles. The maximum absolute atomic E-state index is 13.8. The van der Waals surface area contributed by atoms with Crippen LogP contribution in [0.1, 0.15) is 29.1 Å². The van der Waals surface area contributed by atoms with Gasteiger partial charge < -0.3 is 14.5 Å². The number of halogens is 1. The second-order valence-electron chi connectivity index (χ2n) is 5.56. The second kappa shape index (κ2) is 6.76. The molecule has 3 rings (SSSR count). The molecule has 0 aliphatic carbocycles. The minimum Gasteiger partial charge on any atom is -0.494 e. The van der Waals surface area contributed by atoms with E-state index in [1.807, 2.05) is 0 Å². The quantitative estimate of drug-likeness (QED) is 0.789. The molecule has 1 heterocycles. The number of carbonyl (C=O) groups excluding carboxylic acids is 1. The molecular formula is C19H16FNO4. The Kier molecular flexibility index (Phi) is 4.52. The molecular weight excluding hydrogens is 325 g/mol. The van der Waals surface area contributed by atoms with Gasteiger partial charge in [-0.1, -0.05) is 18.2 Å². The number of ether oxygens (including phenoxy) is 1. The van der Waals surface area contributed by atoms with Crippen molar-refractivity contribution in [3.8, 4) is 5.75 Å². The number of amides is 1. The minimum absolute atomic E-state index is 0.0930. The van der Waals surface area contributed by atoms with Gasteiger partial charge in [-0.2, -0.15) is 0 Å². The first-order valence-corrected chi connectivity index (χ1v) is 7.67. The molecule has 1 unspecified atom stereocenters. The van der Waals surface area contributed by atoms with Crippen molar-refractivity contribution >= 4 is 16.9 Å². The van der Waals surface area contributed by atoms with Crippen molar-refractivity contribution in [2.24, 2.45) is 0 Å². The van der Waals surface area contributed by atoms with Gasteiger partial charge in [0.25, 0.3) is 5.91 Å². The van der Waals surface area contributed by atoms with Gasteiger partial charge in [0.15, 0.2) is 22.8 Å². The number of para-hydroxylation sites is 1. The lowest BCUT2D eigenvalue weighted by molar-refractivity contribution is 0.0912. The monoisotopic (exact) mass is 341 g/mol. The number of nitrogens with one attached hydrogen (secondary N) is 1. The molecule has 25 heavy (non-hydrogen) atoms. The predicted molar refractivity (Wildman–Crippen MR) is 91.3 cm³/mol. The van der Waals surface area contributed by atoms with E-state index in [0.29, 0.717) is 16.5 Å². The molecule has 1 amide bonds. The van der Waals surface area contributed by atoms with Gasteiger partial charge in [0.1, 0.15) is 5.58 Å². The lowest BCUT2D eigenvalue weighted by atomic mass is 10.1. The van der Waals surface area contributed by atoms with E-state index in [1.54, 1.807) is 37.3 Å². The van der Waals surface area contributed by atoms with Crippen LogP contribution in [0.25, 0.3) is 11.0 Å². The van der Waals surface area contributed by atoms with Gasteiger partial charge in [0.2, 0.25) is 0 Å². The van der Waals surface area contributed by atoms with E-state index < -0.39 is 17.8 Å². The van der Waals surface area contributed by atoms with Crippen LogP contribution >= 0.6 is 0 Å². The summed E-state index contributed by atoms with van der Waals surface area (Å²) in [6, 6.07) is 11.8. The van der Waals surface area contributed by atoms with Crippen LogP contribution in [-0.2, 0) is 0 Å². The Hall–Kier alpha value is -3.15. The Morgan fingerprint density at radius 3 is 2.68 bits per heavy atom. The van der Waals surface area contributed by atoms with Gasteiger partial charge in [-0.15, -0.1) is 0 Å². The molecule has 0 radical (unpaired) electrons. The highest BCUT2D eigenvalue weighted by Gasteiger charge is 2.16. The van der Waals surface area contributed by atoms with E-state index >= 15 is 0 Å². The molecule has 0 aliphatic rings. The Morgan fingerprint density at radius 1 is 1.20 bits per heavy atom. The van der Waals surface area contributed by atoms with Gasteiger partial charge in [-0.3, -0.25) is 9.59 Å². The maximum Gasteiger partial charge on any atom is 0.287 e. The van der Waals surface area contributed by atoms with Crippen molar-refractivity contribution < 1.29 is 18.3 Å². The standard InChI is InChI=1S/C19H16FNO4/c1-11(12-7-8-17(24-2)14(20)9-12)21-19(23)18-10-15(22)13-5-3-4-6-16(13)25-18/h3-11H,1-2H3,(H,21,23). The molecule has 1 N–H and O–H groups in total. The number of methoxy groups -OCH3 is 1. The minimum atomic E-state index is -0.549. The van der Waals surface area contributed by atoms with E-state index in [1.165, 1.54) is 19.2 Å². The van der Waals surface area contributed by atoms with Gasteiger partial charge in [-0.05, 0) is 36.8 Å². The lowest BCUT2D eigenvalue weighted by Crippen LogP contribution is -2.27. The molecule has 0 saturated carbocycles. The third-order valence-electron chi connectivity index (χ3n) is 3.88. The van der Waals surface area contributed by atoms with E-state index in [4.69, 9.17) is 9.15 Å². The number of hydrogen-bond acceptors (Lipinski definition) is 4. The lowest BCUT2D eigenvalue weighted by Gasteiger charge is -2.15. The van der Waals surface area contributed by atoms with Gasteiger partial charge in [0, 0.05) is 6.07 Å². The summed E-state index contributed by atoms with van der Waals surface area (Å²) in [6.07, 6.45) is 0. The van der Waals surface area contributed by atoms with Gasteiger partial charge in [-0.25, -0.2) is 4.39 Å². The average Bonchev–Trinajstić information content (AvgIpc) is 2.61. The summed E-state index contributed by atoms with van der Waals surface area (Å²) in [5, 5.41) is 3.10. The van der Waals surface area contributed by atoms with Crippen LogP contribution < -0.4 is 15.5 Å². The first kappa shape index (κ1) is 16.7. The fourth-order valence-corrected chi connectivity index (χ4v) is 2.52. The van der Waals surface area contributed by atoms with Crippen LogP contribution in [0.5, 0.6) is 5.75 Å². The summed E-state index contributed by atoms with van der Waals surface area (Å²) < 4.78 is 24.2. The summed E-state index contributed by atoms with van der Waals surface area (Å²) >= 11 is 0. The fraction of sp³-hybridized carbons (Fsp3) is 0.158. The third kappa shape index (κ3) is 3.38. The smallest absolute Gasteiger partial charge is 0.287 e. The van der Waals surface area contributed by atoms with Crippen molar-refractivity contribution in [1.29, 1.82) is 0 Å². The van der Waals surface area contributed by atoms with Crippen LogP contribution in [0.3, 0.4) is 0 Å². The Bertz CT molecular complexity index is 996. The zero-order valence-electron chi connectivity index (χ0n) is 13.7. The molecule has 5 nitrogen and oxygen atoms in total. The van der Waals surface area contributed by atoms with Crippen LogP contribution in [0.15, 0.2) is 57.7 Å². The van der Waals surface area contributed by atoms with Crippen molar-refractivity contribution in [2.75, 3.05) is 7.11 Å². The number of rotatable bonds is 4. The number of hydrogen-bond donors (Lipinski definition) is 1.